The van der Waals surface area contributed by atoms with Crippen molar-refractivity contribution in [3.8, 4) is 5.75 Å². The molecule has 4 rings (SSSR count). The molecule has 178 valence electrons. The van der Waals surface area contributed by atoms with Crippen LogP contribution in [0.2, 0.25) is 5.02 Å². The van der Waals surface area contributed by atoms with Gasteiger partial charge in [0.1, 0.15) is 17.3 Å². The molecule has 0 aliphatic carbocycles. The average Bonchev–Trinajstić information content (AvgIpc) is 3.19. The minimum absolute atomic E-state index is 0.0359. The summed E-state index contributed by atoms with van der Waals surface area (Å²) in [6, 6.07) is 18.1. The van der Waals surface area contributed by atoms with Crippen molar-refractivity contribution in [3.05, 3.63) is 89.3 Å². The van der Waals surface area contributed by atoms with E-state index in [0.29, 0.717) is 39.7 Å². The van der Waals surface area contributed by atoms with Gasteiger partial charge in [0.25, 0.3) is 5.91 Å². The van der Waals surface area contributed by atoms with Crippen molar-refractivity contribution >= 4 is 51.6 Å². The molecule has 3 aromatic carbocycles. The number of carbonyl (C=O) groups excluding carboxylic acids is 3. The molecular weight excluding hydrogens is 475 g/mol. The topological polar surface area (TPSA) is 101 Å². The lowest BCUT2D eigenvalue weighted by molar-refractivity contribution is -0.133. The van der Waals surface area contributed by atoms with Gasteiger partial charge in [0, 0.05) is 21.8 Å². The third-order valence-electron chi connectivity index (χ3n) is 4.94. The fourth-order valence-corrected chi connectivity index (χ4v) is 3.52. The first kappa shape index (κ1) is 23.8. The van der Waals surface area contributed by atoms with Crippen LogP contribution in [-0.4, -0.2) is 29.0 Å². The Morgan fingerprint density at radius 3 is 2.23 bits per heavy atom. The van der Waals surface area contributed by atoms with Crippen LogP contribution < -0.4 is 20.8 Å². The number of aromatic nitrogens is 1. The largest absolute Gasteiger partial charge is 0.494 e. The number of nitrogens with one attached hydrogen (secondary N) is 3. The molecule has 35 heavy (non-hydrogen) atoms. The number of halogens is 2. The maximum Gasteiger partial charge on any atom is 0.328 e. The van der Waals surface area contributed by atoms with E-state index in [9.17, 15) is 18.8 Å². The second-order valence-electron chi connectivity index (χ2n) is 7.38. The molecule has 8 nitrogen and oxygen atoms in total. The van der Waals surface area contributed by atoms with E-state index >= 15 is 0 Å². The molecule has 0 atom stereocenters. The van der Waals surface area contributed by atoms with E-state index in [1.54, 1.807) is 42.5 Å². The third-order valence-corrected chi connectivity index (χ3v) is 5.18. The van der Waals surface area contributed by atoms with Gasteiger partial charge in [0.2, 0.25) is 0 Å². The average molecular weight is 495 g/mol. The minimum atomic E-state index is -0.998. The first-order valence-corrected chi connectivity index (χ1v) is 10.9. The van der Waals surface area contributed by atoms with Crippen molar-refractivity contribution in [1.29, 1.82) is 0 Å². The van der Waals surface area contributed by atoms with E-state index in [2.05, 4.69) is 16.1 Å². The normalized spacial score (nSPS) is 10.6. The summed E-state index contributed by atoms with van der Waals surface area (Å²) in [6.07, 6.45) is 0. The van der Waals surface area contributed by atoms with Crippen LogP contribution in [0.4, 0.5) is 15.8 Å². The Bertz CT molecular complexity index is 1400. The van der Waals surface area contributed by atoms with Crippen molar-refractivity contribution < 1.29 is 23.5 Å². The number of carbonyl (C=O) groups is 3. The maximum absolute atomic E-state index is 13.2. The van der Waals surface area contributed by atoms with Crippen molar-refractivity contribution in [2.24, 2.45) is 0 Å². The van der Waals surface area contributed by atoms with Crippen molar-refractivity contribution in [2.45, 2.75) is 6.92 Å². The third kappa shape index (κ3) is 5.59. The summed E-state index contributed by atoms with van der Waals surface area (Å²) in [4.78, 5) is 38.2. The highest BCUT2D eigenvalue weighted by atomic mass is 35.5. The molecule has 0 saturated heterocycles. The van der Waals surface area contributed by atoms with Gasteiger partial charge in [-0.15, -0.1) is 0 Å². The molecule has 0 spiro atoms. The Balaban J connectivity index is 1.57. The number of fused-ring (bicyclic) bond motifs is 1. The molecule has 1 heterocycles. The minimum Gasteiger partial charge on any atom is -0.494 e. The number of benzene rings is 3. The number of nitrogens with zero attached hydrogens (tertiary/aromatic N) is 1. The van der Waals surface area contributed by atoms with E-state index in [1.807, 2.05) is 6.92 Å². The van der Waals surface area contributed by atoms with Gasteiger partial charge < -0.3 is 15.4 Å². The second kappa shape index (κ2) is 10.3. The first-order chi connectivity index (χ1) is 16.8. The monoisotopic (exact) mass is 494 g/mol. The lowest BCUT2D eigenvalue weighted by atomic mass is 10.2. The zero-order valence-electron chi connectivity index (χ0n) is 18.5. The molecular formula is C25H20ClFN4O4. The number of anilines is 2. The molecule has 0 aliphatic rings. The molecule has 0 saturated carbocycles. The number of rotatable bonds is 6. The molecule has 0 fully saturated rings. The van der Waals surface area contributed by atoms with Crippen LogP contribution in [0.3, 0.4) is 0 Å². The summed E-state index contributed by atoms with van der Waals surface area (Å²) in [7, 11) is 0. The van der Waals surface area contributed by atoms with Gasteiger partial charge in [-0.1, -0.05) is 11.6 Å². The quantitative estimate of drug-likeness (QED) is 0.335. The second-order valence-corrected chi connectivity index (χ2v) is 7.82. The molecule has 1 aromatic heterocycles. The summed E-state index contributed by atoms with van der Waals surface area (Å²) < 4.78 is 19.8. The van der Waals surface area contributed by atoms with Crippen LogP contribution in [0.5, 0.6) is 5.75 Å². The van der Waals surface area contributed by atoms with Crippen molar-refractivity contribution in [1.82, 2.24) is 4.68 Å². The number of hydrogen-bond donors (Lipinski definition) is 3. The van der Waals surface area contributed by atoms with Crippen LogP contribution in [0.1, 0.15) is 17.4 Å². The summed E-state index contributed by atoms with van der Waals surface area (Å²) in [5.74, 6) is -2.34. The van der Waals surface area contributed by atoms with Gasteiger partial charge in [-0.25, -0.2) is 9.07 Å². The maximum atomic E-state index is 13.2. The Morgan fingerprint density at radius 1 is 0.886 bits per heavy atom. The Hall–Kier alpha value is -4.37. The Kier molecular flexibility index (Phi) is 6.98. The predicted molar refractivity (Wildman–Crippen MR) is 132 cm³/mol. The molecule has 10 heteroatoms. The van der Waals surface area contributed by atoms with E-state index in [0.717, 1.165) is 0 Å². The fraction of sp³-hybridized carbons (Fsp3) is 0.0800. The van der Waals surface area contributed by atoms with Crippen LogP contribution in [0.25, 0.3) is 10.9 Å². The number of amides is 3. The zero-order chi connectivity index (χ0) is 24.9. The molecule has 3 N–H and O–H groups in total. The molecule has 3 amide bonds. The highest BCUT2D eigenvalue weighted by Crippen LogP contribution is 2.24. The van der Waals surface area contributed by atoms with Gasteiger partial charge in [-0.3, -0.25) is 19.8 Å². The zero-order valence-corrected chi connectivity index (χ0v) is 19.2. The van der Waals surface area contributed by atoms with E-state index in [1.165, 1.54) is 35.0 Å². The summed E-state index contributed by atoms with van der Waals surface area (Å²) in [5, 5.41) is 6.13. The van der Waals surface area contributed by atoms with Gasteiger partial charge in [-0.05, 0) is 79.7 Å². The van der Waals surface area contributed by atoms with Crippen LogP contribution in [0.15, 0.2) is 72.8 Å². The van der Waals surface area contributed by atoms with E-state index in [4.69, 9.17) is 16.3 Å². The Morgan fingerprint density at radius 2 is 1.54 bits per heavy atom. The molecule has 0 unspecified atom stereocenters. The number of ether oxygens (including phenoxy) is 1. The molecule has 0 aliphatic heterocycles. The molecule has 0 radical (unpaired) electrons. The fourth-order valence-electron chi connectivity index (χ4n) is 3.34. The predicted octanol–water partition coefficient (Wildman–Crippen LogP) is 4.79. The smallest absolute Gasteiger partial charge is 0.328 e. The SMILES string of the molecule is CCOc1ccc(NC(=O)C(=O)Nn2c(C(=O)Nc3ccc(F)cc3)cc3cc(Cl)ccc32)cc1. The van der Waals surface area contributed by atoms with Gasteiger partial charge in [-0.2, -0.15) is 0 Å². The van der Waals surface area contributed by atoms with Gasteiger partial charge in [0.05, 0.1) is 12.1 Å². The van der Waals surface area contributed by atoms with Crippen molar-refractivity contribution in [2.75, 3.05) is 22.7 Å². The summed E-state index contributed by atoms with van der Waals surface area (Å²) >= 11 is 6.08. The van der Waals surface area contributed by atoms with E-state index in [-0.39, 0.29) is 5.69 Å². The summed E-state index contributed by atoms with van der Waals surface area (Å²) in [5.41, 5.74) is 3.69. The summed E-state index contributed by atoms with van der Waals surface area (Å²) in [6.45, 7) is 2.36. The number of hydrogen-bond acceptors (Lipinski definition) is 4. The van der Waals surface area contributed by atoms with Crippen LogP contribution >= 0.6 is 11.6 Å². The van der Waals surface area contributed by atoms with Crippen LogP contribution in [-0.2, 0) is 9.59 Å². The Labute approximate surface area is 204 Å². The van der Waals surface area contributed by atoms with Crippen LogP contribution in [0, 0.1) is 5.82 Å². The molecule has 0 bridgehead atoms. The first-order valence-electron chi connectivity index (χ1n) is 10.6. The van der Waals surface area contributed by atoms with Gasteiger partial charge in [0.15, 0.2) is 0 Å². The van der Waals surface area contributed by atoms with E-state index < -0.39 is 23.5 Å². The van der Waals surface area contributed by atoms with Gasteiger partial charge >= 0.3 is 11.8 Å². The standard InChI is InChI=1S/C25H20ClFN4O4/c1-2-35-20-10-8-19(9-11-20)29-24(33)25(34)30-31-21-12-3-16(26)13-15(21)14-22(31)23(32)28-18-6-4-17(27)5-7-18/h3-14H,2H2,1H3,(H,28,32)(H,29,33)(H,30,34). The lowest BCUT2D eigenvalue weighted by Gasteiger charge is -2.13. The lowest BCUT2D eigenvalue weighted by Crippen LogP contribution is -2.36. The van der Waals surface area contributed by atoms with Crippen molar-refractivity contribution in [3.63, 3.8) is 0 Å². The highest BCUT2D eigenvalue weighted by Gasteiger charge is 2.21. The highest BCUT2D eigenvalue weighted by molar-refractivity contribution is 6.42. The molecule has 4 aromatic rings.